The first-order valence-corrected chi connectivity index (χ1v) is 9.53. The molecule has 2 heterocycles. The number of carbonyl (C=O) groups is 1. The molecule has 0 radical (unpaired) electrons. The van der Waals surface area contributed by atoms with Crippen molar-refractivity contribution in [1.82, 2.24) is 14.5 Å². The van der Waals surface area contributed by atoms with Crippen molar-refractivity contribution in [1.29, 1.82) is 0 Å². The molecule has 1 fully saturated rings. The predicted octanol–water partition coefficient (Wildman–Crippen LogP) is 4.17. The average Bonchev–Trinajstić information content (AvgIpc) is 3.13. The van der Waals surface area contributed by atoms with Crippen LogP contribution in [0, 0.1) is 0 Å². The molecule has 0 spiro atoms. The standard InChI is InChI=1S/C23H19N3O3/c1-26-13-14(7-10-20(26)28)18-8-9-19-21(22(18)29-17-5-3-2-4-6-17)25-23(24-19)15-11-16(27)12-15/h2-10,13,15H,11-12H2,1H3,(H,24,25). The highest BCUT2D eigenvalue weighted by atomic mass is 16.5. The number of Topliss-reactive ketones (excluding diaryl/α,β-unsaturated/α-hetero) is 1. The number of aromatic amines is 1. The molecule has 29 heavy (non-hydrogen) atoms. The summed E-state index contributed by atoms with van der Waals surface area (Å²) in [5, 5.41) is 0. The van der Waals surface area contributed by atoms with Gasteiger partial charge in [0.2, 0.25) is 5.56 Å². The van der Waals surface area contributed by atoms with Crippen molar-refractivity contribution >= 4 is 16.8 Å². The van der Waals surface area contributed by atoms with Crippen molar-refractivity contribution in [2.75, 3.05) is 0 Å². The number of para-hydroxylation sites is 1. The Labute approximate surface area is 166 Å². The summed E-state index contributed by atoms with van der Waals surface area (Å²) in [7, 11) is 1.72. The maximum absolute atomic E-state index is 11.8. The third kappa shape index (κ3) is 3.12. The molecular weight excluding hydrogens is 366 g/mol. The predicted molar refractivity (Wildman–Crippen MR) is 110 cm³/mol. The minimum atomic E-state index is -0.0722. The van der Waals surface area contributed by atoms with Crippen LogP contribution in [-0.2, 0) is 11.8 Å². The second-order valence-electron chi connectivity index (χ2n) is 7.39. The molecule has 4 aromatic rings. The number of aryl methyl sites for hydroxylation is 1. The lowest BCUT2D eigenvalue weighted by Gasteiger charge is -2.21. The van der Waals surface area contributed by atoms with E-state index in [-0.39, 0.29) is 17.3 Å². The smallest absolute Gasteiger partial charge is 0.250 e. The largest absolute Gasteiger partial charge is 0.454 e. The number of benzene rings is 2. The summed E-state index contributed by atoms with van der Waals surface area (Å²) < 4.78 is 7.82. The van der Waals surface area contributed by atoms with Gasteiger partial charge in [-0.2, -0.15) is 0 Å². The fourth-order valence-corrected chi connectivity index (χ4v) is 3.64. The van der Waals surface area contributed by atoms with Crippen LogP contribution in [0.1, 0.15) is 24.6 Å². The molecule has 0 aliphatic heterocycles. The number of fused-ring (bicyclic) bond motifs is 1. The van der Waals surface area contributed by atoms with E-state index in [9.17, 15) is 9.59 Å². The zero-order valence-corrected chi connectivity index (χ0v) is 15.9. The molecule has 6 nitrogen and oxygen atoms in total. The average molecular weight is 385 g/mol. The van der Waals surface area contributed by atoms with Gasteiger partial charge in [-0.3, -0.25) is 9.59 Å². The molecule has 1 aliphatic carbocycles. The van der Waals surface area contributed by atoms with E-state index < -0.39 is 0 Å². The molecule has 1 N–H and O–H groups in total. The normalized spacial score (nSPS) is 14.2. The summed E-state index contributed by atoms with van der Waals surface area (Å²) in [5.74, 6) is 2.55. The molecule has 1 saturated carbocycles. The third-order valence-corrected chi connectivity index (χ3v) is 5.32. The van der Waals surface area contributed by atoms with Gasteiger partial charge >= 0.3 is 0 Å². The van der Waals surface area contributed by atoms with Gasteiger partial charge in [0.25, 0.3) is 0 Å². The van der Waals surface area contributed by atoms with Crippen LogP contribution >= 0.6 is 0 Å². The highest BCUT2D eigenvalue weighted by Gasteiger charge is 2.31. The van der Waals surface area contributed by atoms with Crippen LogP contribution in [0.15, 0.2) is 65.6 Å². The second kappa shape index (κ2) is 6.74. The number of ketones is 1. The van der Waals surface area contributed by atoms with E-state index in [0.717, 1.165) is 28.0 Å². The number of H-pyrrole nitrogens is 1. The number of nitrogens with one attached hydrogen (secondary N) is 1. The van der Waals surface area contributed by atoms with Gasteiger partial charge in [0.05, 0.1) is 5.52 Å². The lowest BCUT2D eigenvalue weighted by molar-refractivity contribution is -0.124. The first-order chi connectivity index (χ1) is 14.1. The lowest BCUT2D eigenvalue weighted by Crippen LogP contribution is -2.22. The van der Waals surface area contributed by atoms with E-state index >= 15 is 0 Å². The van der Waals surface area contributed by atoms with E-state index in [1.807, 2.05) is 42.5 Å². The van der Waals surface area contributed by atoms with E-state index in [1.54, 1.807) is 29.9 Å². The summed E-state index contributed by atoms with van der Waals surface area (Å²) in [4.78, 5) is 31.4. The minimum Gasteiger partial charge on any atom is -0.454 e. The number of hydrogen-bond acceptors (Lipinski definition) is 4. The van der Waals surface area contributed by atoms with Crippen molar-refractivity contribution in [3.63, 3.8) is 0 Å². The molecule has 0 amide bonds. The Morgan fingerprint density at radius 2 is 1.83 bits per heavy atom. The van der Waals surface area contributed by atoms with E-state index in [0.29, 0.717) is 24.3 Å². The Hall–Kier alpha value is -3.67. The molecule has 144 valence electrons. The summed E-state index contributed by atoms with van der Waals surface area (Å²) in [6, 6.07) is 16.8. The first kappa shape index (κ1) is 17.4. The van der Waals surface area contributed by atoms with Gasteiger partial charge in [0.1, 0.15) is 22.9 Å². The molecule has 6 heteroatoms. The quantitative estimate of drug-likeness (QED) is 0.572. The van der Waals surface area contributed by atoms with Crippen molar-refractivity contribution in [3.05, 3.63) is 77.0 Å². The van der Waals surface area contributed by atoms with Crippen molar-refractivity contribution < 1.29 is 9.53 Å². The van der Waals surface area contributed by atoms with Crippen molar-refractivity contribution in [2.45, 2.75) is 18.8 Å². The first-order valence-electron chi connectivity index (χ1n) is 9.53. The van der Waals surface area contributed by atoms with E-state index in [2.05, 4.69) is 4.98 Å². The van der Waals surface area contributed by atoms with Crippen LogP contribution in [0.2, 0.25) is 0 Å². The lowest BCUT2D eigenvalue weighted by atomic mass is 9.83. The highest BCUT2D eigenvalue weighted by Crippen LogP contribution is 2.40. The molecular formula is C23H19N3O3. The fourth-order valence-electron chi connectivity index (χ4n) is 3.64. The number of rotatable bonds is 4. The van der Waals surface area contributed by atoms with Crippen LogP contribution < -0.4 is 10.3 Å². The van der Waals surface area contributed by atoms with Crippen molar-refractivity contribution in [2.24, 2.45) is 7.05 Å². The van der Waals surface area contributed by atoms with E-state index in [4.69, 9.17) is 9.72 Å². The molecule has 0 bridgehead atoms. The van der Waals surface area contributed by atoms with Gasteiger partial charge in [-0.1, -0.05) is 18.2 Å². The Kier molecular flexibility index (Phi) is 4.05. The molecule has 0 saturated heterocycles. The van der Waals surface area contributed by atoms with Crippen LogP contribution in [-0.4, -0.2) is 20.3 Å². The summed E-state index contributed by atoms with van der Waals surface area (Å²) >= 11 is 0. The highest BCUT2D eigenvalue weighted by molar-refractivity contribution is 5.92. The molecule has 1 aliphatic rings. The number of imidazole rings is 1. The number of carbonyl (C=O) groups excluding carboxylic acids is 1. The zero-order valence-electron chi connectivity index (χ0n) is 15.9. The van der Waals surface area contributed by atoms with Gasteiger partial charge in [-0.15, -0.1) is 0 Å². The Morgan fingerprint density at radius 1 is 1.03 bits per heavy atom. The van der Waals surface area contributed by atoms with Gasteiger partial charge < -0.3 is 14.3 Å². The minimum absolute atomic E-state index is 0.0722. The monoisotopic (exact) mass is 385 g/mol. The molecule has 0 unspecified atom stereocenters. The van der Waals surface area contributed by atoms with Crippen molar-refractivity contribution in [3.8, 4) is 22.6 Å². The third-order valence-electron chi connectivity index (χ3n) is 5.32. The van der Waals surface area contributed by atoms with Gasteiger partial charge in [-0.05, 0) is 30.3 Å². The Bertz CT molecular complexity index is 1280. The summed E-state index contributed by atoms with van der Waals surface area (Å²) in [6.07, 6.45) is 2.85. The molecule has 2 aromatic heterocycles. The zero-order chi connectivity index (χ0) is 20.0. The second-order valence-corrected chi connectivity index (χ2v) is 7.39. The number of ether oxygens (including phenoxy) is 1. The van der Waals surface area contributed by atoms with Gasteiger partial charge in [0, 0.05) is 49.2 Å². The number of hydrogen-bond donors (Lipinski definition) is 1. The van der Waals surface area contributed by atoms with Crippen LogP contribution in [0.4, 0.5) is 0 Å². The van der Waals surface area contributed by atoms with E-state index in [1.165, 1.54) is 0 Å². The summed E-state index contributed by atoms with van der Waals surface area (Å²) in [6.45, 7) is 0. The fraction of sp³-hybridized carbons (Fsp3) is 0.174. The molecule has 2 aromatic carbocycles. The van der Waals surface area contributed by atoms with Crippen LogP contribution in [0.25, 0.3) is 22.2 Å². The number of pyridine rings is 1. The number of aromatic nitrogens is 3. The summed E-state index contributed by atoms with van der Waals surface area (Å²) in [5.41, 5.74) is 3.22. The SMILES string of the molecule is Cn1cc(-c2ccc3[nH]c(C4CC(=O)C4)nc3c2Oc2ccccc2)ccc1=O. The Morgan fingerprint density at radius 3 is 2.55 bits per heavy atom. The maximum Gasteiger partial charge on any atom is 0.250 e. The van der Waals surface area contributed by atoms with Gasteiger partial charge in [0.15, 0.2) is 5.75 Å². The van der Waals surface area contributed by atoms with Gasteiger partial charge in [-0.25, -0.2) is 4.98 Å². The number of nitrogens with zero attached hydrogens (tertiary/aromatic N) is 2. The molecule has 0 atom stereocenters. The Balaban J connectivity index is 1.68. The van der Waals surface area contributed by atoms with Crippen LogP contribution in [0.5, 0.6) is 11.5 Å². The van der Waals surface area contributed by atoms with Crippen LogP contribution in [0.3, 0.4) is 0 Å². The maximum atomic E-state index is 11.8. The topological polar surface area (TPSA) is 77.0 Å². The molecule has 5 rings (SSSR count).